The third kappa shape index (κ3) is 4.56. The summed E-state index contributed by atoms with van der Waals surface area (Å²) in [4.78, 5) is 23.8. The first kappa shape index (κ1) is 17.0. The van der Waals surface area contributed by atoms with E-state index in [9.17, 15) is 9.59 Å². The van der Waals surface area contributed by atoms with Crippen LogP contribution in [-0.2, 0) is 9.53 Å². The maximum Gasteiger partial charge on any atom is 0.338 e. The van der Waals surface area contributed by atoms with Crippen molar-refractivity contribution in [3.05, 3.63) is 35.4 Å². The molecule has 0 aliphatic heterocycles. The van der Waals surface area contributed by atoms with E-state index < -0.39 is 5.97 Å². The summed E-state index contributed by atoms with van der Waals surface area (Å²) in [6.45, 7) is 4.07. The Hall–Kier alpha value is -2.35. The molecule has 1 amide bonds. The quantitative estimate of drug-likeness (QED) is 0.867. The van der Waals surface area contributed by atoms with Gasteiger partial charge in [-0.25, -0.2) is 4.79 Å². The van der Waals surface area contributed by atoms with E-state index in [1.165, 1.54) is 18.6 Å². The summed E-state index contributed by atoms with van der Waals surface area (Å²) in [6.07, 6.45) is 3.28. The van der Waals surface area contributed by atoms with E-state index in [1.54, 1.807) is 12.1 Å². The van der Waals surface area contributed by atoms with Gasteiger partial charge in [-0.15, -0.1) is 0 Å². The van der Waals surface area contributed by atoms with Crippen LogP contribution in [0.5, 0.6) is 0 Å². The number of hydrogen-bond donors (Lipinski definition) is 1. The SMILES string of the molecule is C[C@@H]1[C@H](C)CCC[C@H]1NC(=O)COC(=O)c1ccc(C#N)cc1. The number of nitrogens with one attached hydrogen (secondary N) is 1. The Morgan fingerprint density at radius 3 is 2.61 bits per heavy atom. The number of nitrogens with zero attached hydrogens (tertiary/aromatic N) is 1. The van der Waals surface area contributed by atoms with Gasteiger partial charge in [-0.1, -0.05) is 26.7 Å². The molecule has 0 saturated heterocycles. The van der Waals surface area contributed by atoms with E-state index in [1.807, 2.05) is 6.07 Å². The van der Waals surface area contributed by atoms with Gasteiger partial charge in [0.25, 0.3) is 5.91 Å². The molecule has 1 fully saturated rings. The molecular weight excluding hydrogens is 292 g/mol. The second-order valence-corrected chi connectivity index (χ2v) is 6.21. The Morgan fingerprint density at radius 1 is 1.26 bits per heavy atom. The number of esters is 1. The molecule has 0 bridgehead atoms. The van der Waals surface area contributed by atoms with E-state index in [0.29, 0.717) is 23.0 Å². The van der Waals surface area contributed by atoms with Gasteiger partial charge in [-0.05, 0) is 42.5 Å². The Morgan fingerprint density at radius 2 is 1.96 bits per heavy atom. The number of amides is 1. The second kappa shape index (κ2) is 7.77. The van der Waals surface area contributed by atoms with Crippen LogP contribution in [0.4, 0.5) is 0 Å². The molecule has 0 aromatic heterocycles. The smallest absolute Gasteiger partial charge is 0.338 e. The molecule has 0 spiro atoms. The van der Waals surface area contributed by atoms with Crippen LogP contribution in [0.2, 0.25) is 0 Å². The minimum Gasteiger partial charge on any atom is -0.452 e. The number of ether oxygens (including phenoxy) is 1. The molecule has 3 atom stereocenters. The lowest BCUT2D eigenvalue weighted by atomic mass is 9.78. The Bertz CT molecular complexity index is 604. The fraction of sp³-hybridized carbons (Fsp3) is 0.500. The van der Waals surface area contributed by atoms with Crippen molar-refractivity contribution in [2.45, 2.75) is 39.2 Å². The highest BCUT2D eigenvalue weighted by molar-refractivity contribution is 5.91. The number of nitriles is 1. The lowest BCUT2D eigenvalue weighted by molar-refractivity contribution is -0.125. The topological polar surface area (TPSA) is 79.2 Å². The molecular formula is C18H22N2O3. The summed E-state index contributed by atoms with van der Waals surface area (Å²) in [5.41, 5.74) is 0.802. The predicted molar refractivity (Wildman–Crippen MR) is 85.5 cm³/mol. The maximum absolute atomic E-state index is 12.0. The summed E-state index contributed by atoms with van der Waals surface area (Å²) < 4.78 is 5.03. The zero-order valence-electron chi connectivity index (χ0n) is 13.5. The number of rotatable bonds is 4. The van der Waals surface area contributed by atoms with Gasteiger partial charge in [-0.3, -0.25) is 4.79 Å². The van der Waals surface area contributed by atoms with Crippen molar-refractivity contribution >= 4 is 11.9 Å². The Kier molecular flexibility index (Phi) is 5.75. The molecule has 5 nitrogen and oxygen atoms in total. The molecule has 1 saturated carbocycles. The first-order valence-corrected chi connectivity index (χ1v) is 7.98. The fourth-order valence-corrected chi connectivity index (χ4v) is 2.93. The van der Waals surface area contributed by atoms with Gasteiger partial charge in [0.1, 0.15) is 0 Å². The Labute approximate surface area is 136 Å². The summed E-state index contributed by atoms with van der Waals surface area (Å²) in [7, 11) is 0. The summed E-state index contributed by atoms with van der Waals surface area (Å²) >= 11 is 0. The van der Waals surface area contributed by atoms with Crippen molar-refractivity contribution in [1.29, 1.82) is 5.26 Å². The lowest BCUT2D eigenvalue weighted by Crippen LogP contribution is -2.45. The number of carbonyl (C=O) groups excluding carboxylic acids is 2. The lowest BCUT2D eigenvalue weighted by Gasteiger charge is -2.34. The van der Waals surface area contributed by atoms with Crippen LogP contribution >= 0.6 is 0 Å². The van der Waals surface area contributed by atoms with E-state index in [4.69, 9.17) is 10.00 Å². The fourth-order valence-electron chi connectivity index (χ4n) is 2.93. The first-order valence-electron chi connectivity index (χ1n) is 7.98. The highest BCUT2D eigenvalue weighted by Crippen LogP contribution is 2.29. The Balaban J connectivity index is 1.81. The zero-order valence-corrected chi connectivity index (χ0v) is 13.5. The summed E-state index contributed by atoms with van der Waals surface area (Å²) in [6, 6.07) is 8.25. The van der Waals surface area contributed by atoms with E-state index in [-0.39, 0.29) is 18.6 Å². The molecule has 1 aromatic carbocycles. The van der Waals surface area contributed by atoms with Gasteiger partial charge in [-0.2, -0.15) is 5.26 Å². The molecule has 0 unspecified atom stereocenters. The van der Waals surface area contributed by atoms with Crippen LogP contribution < -0.4 is 5.32 Å². The van der Waals surface area contributed by atoms with Crippen LogP contribution in [0.15, 0.2) is 24.3 Å². The normalized spacial score (nSPS) is 23.6. The van der Waals surface area contributed by atoms with Crippen molar-refractivity contribution in [2.75, 3.05) is 6.61 Å². The van der Waals surface area contributed by atoms with Crippen molar-refractivity contribution < 1.29 is 14.3 Å². The van der Waals surface area contributed by atoms with Crippen molar-refractivity contribution in [2.24, 2.45) is 11.8 Å². The zero-order chi connectivity index (χ0) is 16.8. The van der Waals surface area contributed by atoms with Crippen LogP contribution in [0.25, 0.3) is 0 Å². The number of hydrogen-bond acceptors (Lipinski definition) is 4. The van der Waals surface area contributed by atoms with E-state index >= 15 is 0 Å². The largest absolute Gasteiger partial charge is 0.452 e. The standard InChI is InChI=1S/C18H22N2O3/c1-12-4-3-5-16(13(12)2)20-17(21)11-23-18(22)15-8-6-14(10-19)7-9-15/h6-9,12-13,16H,3-5,11H2,1-2H3,(H,20,21)/t12-,13-,16-/m1/s1. The van der Waals surface area contributed by atoms with E-state index in [0.717, 1.165) is 12.8 Å². The molecule has 5 heteroatoms. The minimum absolute atomic E-state index is 0.153. The average molecular weight is 314 g/mol. The molecule has 1 aliphatic rings. The van der Waals surface area contributed by atoms with Crippen LogP contribution in [-0.4, -0.2) is 24.5 Å². The third-order valence-corrected chi connectivity index (χ3v) is 4.64. The van der Waals surface area contributed by atoms with Gasteiger partial charge in [0.05, 0.1) is 17.2 Å². The van der Waals surface area contributed by atoms with Gasteiger partial charge in [0, 0.05) is 6.04 Å². The summed E-state index contributed by atoms with van der Waals surface area (Å²) in [5, 5.41) is 11.7. The predicted octanol–water partition coefficient (Wildman–Crippen LogP) is 2.66. The maximum atomic E-state index is 12.0. The molecule has 0 heterocycles. The third-order valence-electron chi connectivity index (χ3n) is 4.64. The van der Waals surface area contributed by atoms with Crippen molar-refractivity contribution in [3.8, 4) is 6.07 Å². The summed E-state index contributed by atoms with van der Waals surface area (Å²) in [5.74, 6) is 0.199. The molecule has 1 aromatic rings. The van der Waals surface area contributed by atoms with Crippen LogP contribution in [0.3, 0.4) is 0 Å². The van der Waals surface area contributed by atoms with Gasteiger partial charge >= 0.3 is 5.97 Å². The minimum atomic E-state index is -0.560. The monoisotopic (exact) mass is 314 g/mol. The first-order chi connectivity index (χ1) is 11.0. The van der Waals surface area contributed by atoms with E-state index in [2.05, 4.69) is 19.2 Å². The molecule has 0 radical (unpaired) electrons. The van der Waals surface area contributed by atoms with Crippen LogP contribution in [0, 0.1) is 23.2 Å². The molecule has 1 N–H and O–H groups in total. The molecule has 23 heavy (non-hydrogen) atoms. The van der Waals surface area contributed by atoms with Crippen LogP contribution in [0.1, 0.15) is 49.0 Å². The highest BCUT2D eigenvalue weighted by atomic mass is 16.5. The second-order valence-electron chi connectivity index (χ2n) is 6.21. The van der Waals surface area contributed by atoms with Crippen molar-refractivity contribution in [1.82, 2.24) is 5.32 Å². The average Bonchev–Trinajstić information content (AvgIpc) is 2.57. The molecule has 1 aliphatic carbocycles. The highest BCUT2D eigenvalue weighted by Gasteiger charge is 2.28. The van der Waals surface area contributed by atoms with Crippen molar-refractivity contribution in [3.63, 3.8) is 0 Å². The number of benzene rings is 1. The van der Waals surface area contributed by atoms with Gasteiger partial charge in [0.15, 0.2) is 6.61 Å². The molecule has 122 valence electrons. The van der Waals surface area contributed by atoms with Gasteiger partial charge in [0.2, 0.25) is 0 Å². The van der Waals surface area contributed by atoms with Gasteiger partial charge < -0.3 is 10.1 Å². The molecule has 2 rings (SSSR count). The number of carbonyl (C=O) groups is 2.